The molecule has 8 heteroatoms. The van der Waals surface area contributed by atoms with Crippen molar-refractivity contribution in [3.63, 3.8) is 0 Å². The van der Waals surface area contributed by atoms with Crippen LogP contribution in [0.1, 0.15) is 18.5 Å². The maximum absolute atomic E-state index is 12.1. The number of nitrogens with zero attached hydrogens (tertiary/aromatic N) is 1. The van der Waals surface area contributed by atoms with Gasteiger partial charge in [0.25, 0.3) is 0 Å². The van der Waals surface area contributed by atoms with E-state index in [1.165, 1.54) is 18.4 Å². The summed E-state index contributed by atoms with van der Waals surface area (Å²) >= 11 is 0. The van der Waals surface area contributed by atoms with Crippen molar-refractivity contribution in [2.75, 3.05) is 33.9 Å². The maximum Gasteiger partial charge on any atom is 0.242 e. The highest BCUT2D eigenvalue weighted by Gasteiger charge is 2.23. The zero-order valence-corrected chi connectivity index (χ0v) is 14.4. The fourth-order valence-corrected chi connectivity index (χ4v) is 3.17. The van der Waals surface area contributed by atoms with Crippen molar-refractivity contribution in [1.82, 2.24) is 14.9 Å². The Morgan fingerprint density at radius 2 is 2.00 bits per heavy atom. The lowest BCUT2D eigenvalue weighted by molar-refractivity contribution is -0.126. The lowest BCUT2D eigenvalue weighted by Gasteiger charge is -2.25. The molecule has 7 nitrogen and oxygen atoms in total. The van der Waals surface area contributed by atoms with E-state index in [-0.39, 0.29) is 22.9 Å². The summed E-state index contributed by atoms with van der Waals surface area (Å²) in [7, 11) is -0.457. The zero-order chi connectivity index (χ0) is 17.0. The molecule has 0 spiro atoms. The molecule has 1 aliphatic rings. The van der Waals surface area contributed by atoms with Gasteiger partial charge in [0.2, 0.25) is 15.9 Å². The average molecular weight is 341 g/mol. The van der Waals surface area contributed by atoms with Gasteiger partial charge in [-0.25, -0.2) is 12.7 Å². The van der Waals surface area contributed by atoms with Gasteiger partial charge >= 0.3 is 0 Å². The number of carbonyl (C=O) groups is 1. The molecule has 128 valence electrons. The molecule has 1 amide bonds. The minimum absolute atomic E-state index is 0.123. The molecule has 23 heavy (non-hydrogen) atoms. The molecule has 1 fully saturated rings. The number of morpholine rings is 1. The first-order chi connectivity index (χ1) is 10.8. The Morgan fingerprint density at radius 3 is 2.52 bits per heavy atom. The van der Waals surface area contributed by atoms with Crippen LogP contribution < -0.4 is 10.6 Å². The molecule has 2 rings (SSSR count). The van der Waals surface area contributed by atoms with Gasteiger partial charge in [0.05, 0.1) is 24.2 Å². The van der Waals surface area contributed by atoms with Gasteiger partial charge in [0, 0.05) is 20.6 Å². The van der Waals surface area contributed by atoms with Crippen LogP contribution in [0.25, 0.3) is 0 Å². The smallest absolute Gasteiger partial charge is 0.242 e. The quantitative estimate of drug-likeness (QED) is 0.793. The van der Waals surface area contributed by atoms with Crippen LogP contribution in [-0.2, 0) is 19.6 Å². The Hall–Kier alpha value is -1.48. The second-order valence-electron chi connectivity index (χ2n) is 5.67. The highest BCUT2D eigenvalue weighted by atomic mass is 32.2. The maximum atomic E-state index is 12.1. The second-order valence-corrected chi connectivity index (χ2v) is 7.82. The predicted molar refractivity (Wildman–Crippen MR) is 86.5 cm³/mol. The largest absolute Gasteiger partial charge is 0.378 e. The third-order valence-corrected chi connectivity index (χ3v) is 5.58. The van der Waals surface area contributed by atoms with Crippen LogP contribution >= 0.6 is 0 Å². The molecule has 1 saturated heterocycles. The third-order valence-electron chi connectivity index (χ3n) is 3.76. The van der Waals surface area contributed by atoms with Crippen LogP contribution in [0.15, 0.2) is 29.2 Å². The van der Waals surface area contributed by atoms with E-state index in [1.807, 2.05) is 6.92 Å². The molecule has 0 aromatic heterocycles. The van der Waals surface area contributed by atoms with E-state index in [0.29, 0.717) is 19.8 Å². The lowest BCUT2D eigenvalue weighted by atomic mass is 10.1. The summed E-state index contributed by atoms with van der Waals surface area (Å²) in [4.78, 5) is 12.4. The minimum atomic E-state index is -3.44. The van der Waals surface area contributed by atoms with Crippen LogP contribution in [0.4, 0.5) is 0 Å². The molecule has 0 aliphatic carbocycles. The molecule has 2 atom stereocenters. The van der Waals surface area contributed by atoms with Crippen molar-refractivity contribution >= 4 is 15.9 Å². The first-order valence-electron chi connectivity index (χ1n) is 7.46. The van der Waals surface area contributed by atoms with Crippen LogP contribution in [0.5, 0.6) is 0 Å². The van der Waals surface area contributed by atoms with E-state index in [9.17, 15) is 13.2 Å². The molecule has 1 aliphatic heterocycles. The van der Waals surface area contributed by atoms with Crippen molar-refractivity contribution in [2.24, 2.45) is 0 Å². The van der Waals surface area contributed by atoms with E-state index < -0.39 is 10.0 Å². The molecule has 0 saturated carbocycles. The van der Waals surface area contributed by atoms with Crippen LogP contribution in [0, 0.1) is 0 Å². The Labute approximate surface area is 137 Å². The van der Waals surface area contributed by atoms with Crippen molar-refractivity contribution in [1.29, 1.82) is 0 Å². The van der Waals surface area contributed by atoms with Crippen molar-refractivity contribution in [3.05, 3.63) is 29.8 Å². The molecule has 2 unspecified atom stereocenters. The van der Waals surface area contributed by atoms with E-state index in [2.05, 4.69) is 10.6 Å². The van der Waals surface area contributed by atoms with Gasteiger partial charge in [0.15, 0.2) is 0 Å². The summed E-state index contributed by atoms with van der Waals surface area (Å²) in [6, 6.07) is 5.96. The van der Waals surface area contributed by atoms with Gasteiger partial charge < -0.3 is 15.4 Å². The average Bonchev–Trinajstić information content (AvgIpc) is 2.55. The van der Waals surface area contributed by atoms with E-state index >= 15 is 0 Å². The number of amides is 1. The van der Waals surface area contributed by atoms with Gasteiger partial charge in [-0.1, -0.05) is 12.1 Å². The number of rotatable bonds is 5. The number of hydrogen-bond donors (Lipinski definition) is 2. The monoisotopic (exact) mass is 341 g/mol. The molecule has 1 aromatic rings. The summed E-state index contributed by atoms with van der Waals surface area (Å²) < 4.78 is 30.5. The van der Waals surface area contributed by atoms with Gasteiger partial charge in [-0.2, -0.15) is 0 Å². The SMILES string of the molecule is CC(NC(=O)C1COCCN1)c1ccc(S(=O)(=O)N(C)C)cc1. The number of nitrogens with one attached hydrogen (secondary N) is 2. The number of sulfonamides is 1. The predicted octanol–water partition coefficient (Wildman–Crippen LogP) is 0.103. The Kier molecular flexibility index (Phi) is 5.74. The van der Waals surface area contributed by atoms with E-state index in [0.717, 1.165) is 5.56 Å². The first kappa shape index (κ1) is 17.9. The fraction of sp³-hybridized carbons (Fsp3) is 0.533. The number of benzene rings is 1. The number of carbonyl (C=O) groups excluding carboxylic acids is 1. The standard InChI is InChI=1S/C15H23N3O4S/c1-11(17-15(19)14-10-22-9-8-16-14)12-4-6-13(7-5-12)23(20,21)18(2)3/h4-7,11,14,16H,8-10H2,1-3H3,(H,17,19). The number of hydrogen-bond acceptors (Lipinski definition) is 5. The summed E-state index contributed by atoms with van der Waals surface area (Å²) in [6.45, 7) is 3.49. The summed E-state index contributed by atoms with van der Waals surface area (Å²) in [6.07, 6.45) is 0. The van der Waals surface area contributed by atoms with Crippen LogP contribution in [0.2, 0.25) is 0 Å². The fourth-order valence-electron chi connectivity index (χ4n) is 2.27. The molecule has 1 aromatic carbocycles. The van der Waals surface area contributed by atoms with Gasteiger partial charge in [0.1, 0.15) is 6.04 Å². The summed E-state index contributed by atoms with van der Waals surface area (Å²) in [5.41, 5.74) is 0.841. The third kappa shape index (κ3) is 4.29. The highest BCUT2D eigenvalue weighted by Crippen LogP contribution is 2.18. The van der Waals surface area contributed by atoms with Gasteiger partial charge in [-0.3, -0.25) is 4.79 Å². The molecule has 0 bridgehead atoms. The minimum Gasteiger partial charge on any atom is -0.378 e. The van der Waals surface area contributed by atoms with Crippen LogP contribution in [-0.4, -0.2) is 58.5 Å². The van der Waals surface area contributed by atoms with Gasteiger partial charge in [-0.05, 0) is 24.6 Å². The highest BCUT2D eigenvalue weighted by molar-refractivity contribution is 7.89. The number of ether oxygens (including phenoxy) is 1. The normalized spacial score (nSPS) is 20.3. The Balaban J connectivity index is 2.02. The first-order valence-corrected chi connectivity index (χ1v) is 8.90. The van der Waals surface area contributed by atoms with E-state index in [4.69, 9.17) is 4.74 Å². The topological polar surface area (TPSA) is 87.7 Å². The lowest BCUT2D eigenvalue weighted by Crippen LogP contribution is -2.51. The molecule has 1 heterocycles. The zero-order valence-electron chi connectivity index (χ0n) is 13.6. The van der Waals surface area contributed by atoms with Crippen molar-refractivity contribution in [2.45, 2.75) is 23.9 Å². The molecule has 2 N–H and O–H groups in total. The molecule has 0 radical (unpaired) electrons. The Morgan fingerprint density at radius 1 is 1.35 bits per heavy atom. The van der Waals surface area contributed by atoms with Crippen LogP contribution in [0.3, 0.4) is 0 Å². The summed E-state index contributed by atoms with van der Waals surface area (Å²) in [5.74, 6) is -0.123. The van der Waals surface area contributed by atoms with Crippen molar-refractivity contribution in [3.8, 4) is 0 Å². The van der Waals surface area contributed by atoms with E-state index in [1.54, 1.807) is 24.3 Å². The second kappa shape index (κ2) is 7.39. The van der Waals surface area contributed by atoms with Crippen molar-refractivity contribution < 1.29 is 17.9 Å². The summed E-state index contributed by atoms with van der Waals surface area (Å²) in [5, 5.41) is 6.00. The molecular formula is C15H23N3O4S. The Bertz CT molecular complexity index is 637. The van der Waals surface area contributed by atoms with Gasteiger partial charge in [-0.15, -0.1) is 0 Å². The molecular weight excluding hydrogens is 318 g/mol.